The predicted molar refractivity (Wildman–Crippen MR) is 118 cm³/mol. The van der Waals surface area contributed by atoms with Gasteiger partial charge in [-0.15, -0.1) is 0 Å². The molecule has 6 nitrogen and oxygen atoms in total. The van der Waals surface area contributed by atoms with Crippen molar-refractivity contribution in [1.29, 1.82) is 0 Å². The van der Waals surface area contributed by atoms with Crippen molar-refractivity contribution in [1.82, 2.24) is 15.5 Å². The normalized spacial score (nSPS) is 20.0. The van der Waals surface area contributed by atoms with Crippen molar-refractivity contribution in [2.24, 2.45) is 4.99 Å². The third kappa shape index (κ3) is 7.61. The van der Waals surface area contributed by atoms with Gasteiger partial charge in [0.05, 0.1) is 18.7 Å². The van der Waals surface area contributed by atoms with Crippen LogP contribution < -0.4 is 10.6 Å². The largest absolute Gasteiger partial charge is 0.381 e. The summed E-state index contributed by atoms with van der Waals surface area (Å²) in [4.78, 5) is 7.49. The Labute approximate surface area is 176 Å². The number of likely N-dealkylation sites (tertiary alicyclic amines) is 1. The zero-order valence-corrected chi connectivity index (χ0v) is 17.9. The van der Waals surface area contributed by atoms with Gasteiger partial charge >= 0.3 is 0 Å². The maximum Gasteiger partial charge on any atom is 0.191 e. The van der Waals surface area contributed by atoms with E-state index in [0.717, 1.165) is 64.7 Å². The average molecular weight is 403 g/mol. The second-order valence-electron chi connectivity index (χ2n) is 7.85. The lowest BCUT2D eigenvalue weighted by atomic mass is 10.1. The van der Waals surface area contributed by atoms with Crippen LogP contribution in [0.3, 0.4) is 0 Å². The molecule has 1 atom stereocenters. The molecule has 0 saturated carbocycles. The first-order chi connectivity index (χ1) is 14.4. The van der Waals surface area contributed by atoms with E-state index < -0.39 is 0 Å². The molecule has 2 fully saturated rings. The average Bonchev–Trinajstić information content (AvgIpc) is 3.29. The lowest BCUT2D eigenvalue weighted by Crippen LogP contribution is -2.39. The summed E-state index contributed by atoms with van der Waals surface area (Å²) >= 11 is 0. The predicted octanol–water partition coefficient (Wildman–Crippen LogP) is 2.96. The topological polar surface area (TPSA) is 58.1 Å². The highest BCUT2D eigenvalue weighted by atomic mass is 16.5. The van der Waals surface area contributed by atoms with E-state index in [-0.39, 0.29) is 0 Å². The molecule has 0 amide bonds. The van der Waals surface area contributed by atoms with E-state index in [1.807, 2.05) is 0 Å². The zero-order valence-electron chi connectivity index (χ0n) is 17.9. The van der Waals surface area contributed by atoms with Gasteiger partial charge in [0, 0.05) is 32.9 Å². The van der Waals surface area contributed by atoms with Crippen LogP contribution in [0, 0.1) is 0 Å². The van der Waals surface area contributed by atoms with E-state index >= 15 is 0 Å². The van der Waals surface area contributed by atoms with Gasteiger partial charge < -0.3 is 20.1 Å². The Morgan fingerprint density at radius 3 is 2.66 bits per heavy atom. The zero-order chi connectivity index (χ0) is 20.2. The van der Waals surface area contributed by atoms with E-state index in [4.69, 9.17) is 14.5 Å². The van der Waals surface area contributed by atoms with Crippen LogP contribution in [0.25, 0.3) is 0 Å². The molecule has 0 aromatic heterocycles. The van der Waals surface area contributed by atoms with Crippen molar-refractivity contribution < 1.29 is 9.47 Å². The minimum Gasteiger partial charge on any atom is -0.381 e. The summed E-state index contributed by atoms with van der Waals surface area (Å²) in [7, 11) is 0. The smallest absolute Gasteiger partial charge is 0.191 e. The molecule has 162 valence electrons. The number of guanidine groups is 1. The molecular weight excluding hydrogens is 364 g/mol. The maximum atomic E-state index is 5.96. The van der Waals surface area contributed by atoms with Crippen LogP contribution in [0.2, 0.25) is 0 Å². The Morgan fingerprint density at radius 1 is 1.17 bits per heavy atom. The molecule has 2 heterocycles. The van der Waals surface area contributed by atoms with Crippen LogP contribution in [-0.2, 0) is 9.47 Å². The standard InChI is InChI=1S/C23H38N4O2/c1-2-24-23(25-13-8-16-29-21-11-17-28-18-12-21)26-19-22(27-14-6-7-15-27)20-9-4-3-5-10-20/h3-5,9-10,21-22H,2,6-8,11-19H2,1H3,(H2,24,25,26). The molecule has 0 aliphatic carbocycles. The van der Waals surface area contributed by atoms with Crippen molar-refractivity contribution in [2.75, 3.05) is 52.5 Å². The van der Waals surface area contributed by atoms with Gasteiger partial charge in [0.25, 0.3) is 0 Å². The van der Waals surface area contributed by atoms with Gasteiger partial charge in [0.15, 0.2) is 5.96 Å². The Balaban J connectivity index is 1.47. The number of hydrogen-bond acceptors (Lipinski definition) is 4. The number of ether oxygens (including phenoxy) is 2. The van der Waals surface area contributed by atoms with E-state index in [1.165, 1.54) is 31.5 Å². The summed E-state index contributed by atoms with van der Waals surface area (Å²) in [6.45, 7) is 9.42. The van der Waals surface area contributed by atoms with Crippen molar-refractivity contribution in [3.63, 3.8) is 0 Å². The molecule has 0 spiro atoms. The van der Waals surface area contributed by atoms with Gasteiger partial charge in [-0.2, -0.15) is 0 Å². The minimum atomic E-state index is 0.353. The highest BCUT2D eigenvalue weighted by Crippen LogP contribution is 2.25. The summed E-state index contributed by atoms with van der Waals surface area (Å²) in [5.74, 6) is 0.902. The summed E-state index contributed by atoms with van der Waals surface area (Å²) in [6, 6.07) is 11.2. The Bertz CT molecular complexity index is 584. The monoisotopic (exact) mass is 402 g/mol. The van der Waals surface area contributed by atoms with Gasteiger partial charge in [-0.3, -0.25) is 9.89 Å². The number of nitrogens with one attached hydrogen (secondary N) is 2. The minimum absolute atomic E-state index is 0.353. The van der Waals surface area contributed by atoms with E-state index in [1.54, 1.807) is 0 Å². The third-order valence-corrected chi connectivity index (χ3v) is 5.67. The molecule has 1 aromatic rings. The number of nitrogens with zero attached hydrogens (tertiary/aromatic N) is 2. The fourth-order valence-corrected chi connectivity index (χ4v) is 4.05. The first kappa shape index (κ1) is 22.1. The molecule has 2 aliphatic heterocycles. The second kappa shape index (κ2) is 12.8. The van der Waals surface area contributed by atoms with Crippen LogP contribution in [0.15, 0.2) is 35.3 Å². The van der Waals surface area contributed by atoms with Gasteiger partial charge in [-0.1, -0.05) is 30.3 Å². The summed E-state index contributed by atoms with van der Waals surface area (Å²) in [5, 5.41) is 6.85. The fraction of sp³-hybridized carbons (Fsp3) is 0.696. The number of aliphatic imine (C=N–C) groups is 1. The van der Waals surface area contributed by atoms with Gasteiger partial charge in [-0.05, 0) is 57.7 Å². The molecule has 1 aromatic carbocycles. The van der Waals surface area contributed by atoms with Crippen LogP contribution >= 0.6 is 0 Å². The molecule has 0 bridgehead atoms. The van der Waals surface area contributed by atoms with Crippen LogP contribution in [0.5, 0.6) is 0 Å². The van der Waals surface area contributed by atoms with Crippen molar-refractivity contribution in [3.05, 3.63) is 35.9 Å². The molecule has 2 saturated heterocycles. The van der Waals surface area contributed by atoms with Gasteiger partial charge in [0.2, 0.25) is 0 Å². The highest BCUT2D eigenvalue weighted by molar-refractivity contribution is 5.79. The molecule has 2 N–H and O–H groups in total. The fourth-order valence-electron chi connectivity index (χ4n) is 4.05. The molecule has 0 radical (unpaired) electrons. The quantitative estimate of drug-likeness (QED) is 0.358. The number of hydrogen-bond donors (Lipinski definition) is 2. The molecule has 1 unspecified atom stereocenters. The lowest BCUT2D eigenvalue weighted by Gasteiger charge is -2.27. The second-order valence-corrected chi connectivity index (χ2v) is 7.85. The number of benzene rings is 1. The molecule has 3 rings (SSSR count). The molecule has 6 heteroatoms. The molecular formula is C23H38N4O2. The molecule has 29 heavy (non-hydrogen) atoms. The van der Waals surface area contributed by atoms with Crippen molar-refractivity contribution in [3.8, 4) is 0 Å². The summed E-state index contributed by atoms with van der Waals surface area (Å²) in [6.07, 6.45) is 5.98. The number of rotatable bonds is 10. The highest BCUT2D eigenvalue weighted by Gasteiger charge is 2.23. The SMILES string of the molecule is CCNC(=NCC(c1ccccc1)N1CCCC1)NCCCOC1CCOCC1. The Hall–Kier alpha value is -1.63. The van der Waals surface area contributed by atoms with Crippen molar-refractivity contribution in [2.45, 2.75) is 51.2 Å². The van der Waals surface area contributed by atoms with E-state index in [2.05, 4.69) is 52.8 Å². The summed E-state index contributed by atoms with van der Waals surface area (Å²) in [5.41, 5.74) is 1.36. The third-order valence-electron chi connectivity index (χ3n) is 5.67. The van der Waals surface area contributed by atoms with E-state index in [9.17, 15) is 0 Å². The first-order valence-electron chi connectivity index (χ1n) is 11.4. The van der Waals surface area contributed by atoms with E-state index in [0.29, 0.717) is 12.1 Å². The van der Waals surface area contributed by atoms with Crippen LogP contribution in [-0.4, -0.2) is 69.5 Å². The Kier molecular flexibility index (Phi) is 9.76. The van der Waals surface area contributed by atoms with Gasteiger partial charge in [0.1, 0.15) is 0 Å². The lowest BCUT2D eigenvalue weighted by molar-refractivity contribution is -0.0320. The van der Waals surface area contributed by atoms with Gasteiger partial charge in [-0.25, -0.2) is 0 Å². The Morgan fingerprint density at radius 2 is 1.93 bits per heavy atom. The maximum absolute atomic E-state index is 5.96. The van der Waals surface area contributed by atoms with Crippen LogP contribution in [0.4, 0.5) is 0 Å². The summed E-state index contributed by atoms with van der Waals surface area (Å²) < 4.78 is 11.3. The first-order valence-corrected chi connectivity index (χ1v) is 11.4. The van der Waals surface area contributed by atoms with Crippen LogP contribution in [0.1, 0.15) is 50.6 Å². The van der Waals surface area contributed by atoms with Crippen molar-refractivity contribution >= 4 is 5.96 Å². The molecule has 2 aliphatic rings.